The minimum Gasteiger partial charge on any atom is -0.352 e. The van der Waals surface area contributed by atoms with Gasteiger partial charge in [-0.25, -0.2) is 0 Å². The molecule has 2 heterocycles. The number of hydrogen-bond acceptors (Lipinski definition) is 2. The van der Waals surface area contributed by atoms with Crippen LogP contribution in [0.4, 0.5) is 0 Å². The van der Waals surface area contributed by atoms with Crippen LogP contribution in [0.1, 0.15) is 47.3 Å². The van der Waals surface area contributed by atoms with Gasteiger partial charge in [-0.3, -0.25) is 9.59 Å². The Morgan fingerprint density at radius 2 is 1.34 bits per heavy atom. The number of allylic oxidation sites excluding steroid dienone is 5. The van der Waals surface area contributed by atoms with E-state index in [9.17, 15) is 9.59 Å². The normalized spacial score (nSPS) is 11.3. The van der Waals surface area contributed by atoms with Gasteiger partial charge in [-0.2, -0.15) is 9.13 Å². The Kier molecular flexibility index (Phi) is 12.5. The van der Waals surface area contributed by atoms with Crippen LogP contribution in [0.5, 0.6) is 0 Å². The SMILES string of the molecule is [B]c1ccccc1C[n+]1cc(C(=O)NCCCNC(=O)C(=C)C)cc(-c2cc(C(/C=C\C=C)=C/C)c[n+](Cc3ccccc3[B])c2)c1. The highest BCUT2D eigenvalue weighted by Crippen LogP contribution is 2.23. The lowest BCUT2D eigenvalue weighted by atomic mass is 9.90. The first-order valence-corrected chi connectivity index (χ1v) is 15.6. The molecule has 0 saturated heterocycles. The Bertz CT molecular complexity index is 1840. The summed E-state index contributed by atoms with van der Waals surface area (Å²) in [6.45, 7) is 13.0. The van der Waals surface area contributed by atoms with Crippen molar-refractivity contribution in [3.05, 3.63) is 151 Å². The van der Waals surface area contributed by atoms with Crippen molar-refractivity contribution >= 4 is 44.0 Å². The zero-order chi connectivity index (χ0) is 33.8. The van der Waals surface area contributed by atoms with Crippen molar-refractivity contribution in [1.29, 1.82) is 0 Å². The summed E-state index contributed by atoms with van der Waals surface area (Å²) in [5.74, 6) is -0.405. The molecule has 2 aromatic heterocycles. The van der Waals surface area contributed by atoms with Gasteiger partial charge in [0.2, 0.25) is 5.91 Å². The summed E-state index contributed by atoms with van der Waals surface area (Å²) < 4.78 is 4.11. The topological polar surface area (TPSA) is 66.0 Å². The second-order valence-corrected chi connectivity index (χ2v) is 11.4. The first kappa shape index (κ1) is 34.6. The Hall–Kier alpha value is -5.23. The smallest absolute Gasteiger partial charge is 0.257 e. The van der Waals surface area contributed by atoms with Gasteiger partial charge in [-0.05, 0) is 38.0 Å². The van der Waals surface area contributed by atoms with Crippen molar-refractivity contribution in [2.75, 3.05) is 13.1 Å². The number of pyridine rings is 2. The van der Waals surface area contributed by atoms with Crippen LogP contribution < -0.4 is 30.7 Å². The van der Waals surface area contributed by atoms with Gasteiger partial charge in [0.1, 0.15) is 21.3 Å². The van der Waals surface area contributed by atoms with Crippen LogP contribution >= 0.6 is 0 Å². The molecule has 2 aromatic carbocycles. The fourth-order valence-electron chi connectivity index (χ4n) is 5.08. The molecule has 0 aliphatic heterocycles. The van der Waals surface area contributed by atoms with Crippen LogP contribution in [0.2, 0.25) is 0 Å². The van der Waals surface area contributed by atoms with Crippen molar-refractivity contribution in [2.24, 2.45) is 0 Å². The number of carbonyl (C=O) groups excluding carboxylic acids is 2. The molecule has 4 radical (unpaired) electrons. The zero-order valence-corrected chi connectivity index (χ0v) is 27.2. The molecule has 47 heavy (non-hydrogen) atoms. The number of hydrogen-bond donors (Lipinski definition) is 2. The monoisotopic (exact) mass is 618 g/mol. The predicted molar refractivity (Wildman–Crippen MR) is 192 cm³/mol. The van der Waals surface area contributed by atoms with Gasteiger partial charge < -0.3 is 10.6 Å². The molecular weight excluding hydrogens is 578 g/mol. The molecule has 0 spiro atoms. The van der Waals surface area contributed by atoms with E-state index < -0.39 is 0 Å². The molecule has 8 heteroatoms. The van der Waals surface area contributed by atoms with Gasteiger partial charge >= 0.3 is 0 Å². The Morgan fingerprint density at radius 3 is 1.87 bits per heavy atom. The zero-order valence-electron chi connectivity index (χ0n) is 27.2. The molecule has 0 saturated carbocycles. The lowest BCUT2D eigenvalue weighted by Gasteiger charge is -2.11. The lowest BCUT2D eigenvalue weighted by molar-refractivity contribution is -0.689. The fourth-order valence-corrected chi connectivity index (χ4v) is 5.08. The molecule has 0 aliphatic rings. The standard InChI is InChI=1S/C39H38B2N4O2/c1-5-7-13-29(6-2)32-20-33(25-44(24-32)22-30-14-8-10-16-36(30)40)34-21-35(39(47)43-19-12-18-42-38(46)28(3)4)27-45(26-34)23-31-15-9-11-17-37(31)41/h5-11,13-17,20-21,24-27H,1,3,12,18-19,22-23H2,2,4H3/p+2/b13-7-,29-6+. The third-order valence-corrected chi connectivity index (χ3v) is 7.62. The molecule has 0 fully saturated rings. The number of nitrogens with zero attached hydrogens (tertiary/aromatic N) is 2. The van der Waals surface area contributed by atoms with Crippen LogP contribution in [0.3, 0.4) is 0 Å². The summed E-state index contributed by atoms with van der Waals surface area (Å²) in [5.41, 5.74) is 8.13. The second kappa shape index (κ2) is 16.9. The van der Waals surface area contributed by atoms with Crippen LogP contribution in [0, 0.1) is 0 Å². The number of benzene rings is 2. The highest BCUT2D eigenvalue weighted by atomic mass is 16.2. The van der Waals surface area contributed by atoms with E-state index in [1.165, 1.54) is 0 Å². The summed E-state index contributed by atoms with van der Waals surface area (Å²) in [4.78, 5) is 25.3. The summed E-state index contributed by atoms with van der Waals surface area (Å²) in [7, 11) is 12.6. The number of nitrogens with one attached hydrogen (secondary N) is 2. The molecule has 2 N–H and O–H groups in total. The predicted octanol–water partition coefficient (Wildman–Crippen LogP) is 3.57. The van der Waals surface area contributed by atoms with E-state index in [1.807, 2.05) is 90.6 Å². The van der Waals surface area contributed by atoms with E-state index in [1.54, 1.807) is 13.0 Å². The molecule has 6 nitrogen and oxygen atoms in total. The molecule has 232 valence electrons. The number of rotatable bonds is 14. The summed E-state index contributed by atoms with van der Waals surface area (Å²) in [5, 5.41) is 5.79. The van der Waals surface area contributed by atoms with Crippen LogP contribution in [0.25, 0.3) is 16.7 Å². The van der Waals surface area contributed by atoms with Gasteiger partial charge in [0.15, 0.2) is 37.9 Å². The molecular formula is C39H40B2N4O2+2. The van der Waals surface area contributed by atoms with E-state index in [-0.39, 0.29) is 11.8 Å². The molecule has 0 unspecified atom stereocenters. The van der Waals surface area contributed by atoms with Gasteiger partial charge in [-0.15, -0.1) is 0 Å². The molecule has 4 rings (SSSR count). The first-order chi connectivity index (χ1) is 22.7. The number of amides is 2. The van der Waals surface area contributed by atoms with E-state index in [4.69, 9.17) is 15.7 Å². The van der Waals surface area contributed by atoms with Crippen LogP contribution in [0.15, 0.2) is 128 Å². The van der Waals surface area contributed by atoms with E-state index in [0.717, 1.165) is 38.9 Å². The Balaban J connectivity index is 1.75. The minimum atomic E-state index is -0.211. The van der Waals surface area contributed by atoms with Crippen LogP contribution in [-0.2, 0) is 17.9 Å². The minimum absolute atomic E-state index is 0.194. The van der Waals surface area contributed by atoms with E-state index in [2.05, 4.69) is 52.9 Å². The van der Waals surface area contributed by atoms with E-state index >= 15 is 0 Å². The van der Waals surface area contributed by atoms with Gasteiger partial charge in [0.05, 0.1) is 11.1 Å². The van der Waals surface area contributed by atoms with Crippen molar-refractivity contribution < 1.29 is 18.7 Å². The first-order valence-electron chi connectivity index (χ1n) is 15.6. The van der Waals surface area contributed by atoms with Gasteiger partial charge in [0, 0.05) is 35.4 Å². The summed E-state index contributed by atoms with van der Waals surface area (Å²) in [6.07, 6.45) is 16.4. The van der Waals surface area contributed by atoms with Gasteiger partial charge in [0.25, 0.3) is 5.91 Å². The third-order valence-electron chi connectivity index (χ3n) is 7.62. The maximum atomic E-state index is 13.5. The second-order valence-electron chi connectivity index (χ2n) is 11.4. The summed E-state index contributed by atoms with van der Waals surface area (Å²) >= 11 is 0. The maximum absolute atomic E-state index is 13.5. The van der Waals surface area contributed by atoms with Crippen molar-refractivity contribution in [3.63, 3.8) is 0 Å². The van der Waals surface area contributed by atoms with Crippen LogP contribution in [-0.4, -0.2) is 40.6 Å². The molecule has 2 amide bonds. The molecule has 0 bridgehead atoms. The molecule has 4 aromatic rings. The quantitative estimate of drug-likeness (QED) is 0.0747. The van der Waals surface area contributed by atoms with Crippen molar-refractivity contribution in [1.82, 2.24) is 10.6 Å². The average molecular weight is 618 g/mol. The molecule has 0 atom stereocenters. The molecule has 0 aliphatic carbocycles. The number of carbonyl (C=O) groups is 2. The Morgan fingerprint density at radius 1 is 0.809 bits per heavy atom. The van der Waals surface area contributed by atoms with E-state index in [0.29, 0.717) is 49.2 Å². The maximum Gasteiger partial charge on any atom is 0.257 e. The largest absolute Gasteiger partial charge is 0.352 e. The highest BCUT2D eigenvalue weighted by Gasteiger charge is 2.19. The average Bonchev–Trinajstić information content (AvgIpc) is 3.06. The Labute approximate surface area is 281 Å². The van der Waals surface area contributed by atoms with Gasteiger partial charge in [-0.1, -0.05) is 96.9 Å². The van der Waals surface area contributed by atoms with Crippen molar-refractivity contribution in [2.45, 2.75) is 33.4 Å². The lowest BCUT2D eigenvalue weighted by Crippen LogP contribution is -2.39. The fraction of sp³-hybridized carbons (Fsp3) is 0.179. The number of aromatic nitrogens is 2. The van der Waals surface area contributed by atoms with Crippen molar-refractivity contribution in [3.8, 4) is 11.1 Å². The highest BCUT2D eigenvalue weighted by molar-refractivity contribution is 6.33. The third kappa shape index (κ3) is 9.88. The summed E-state index contributed by atoms with van der Waals surface area (Å²) in [6, 6.07) is 19.6.